The molecule has 0 saturated heterocycles. The number of rotatable bonds is 8. The number of nitrogens with zero attached hydrogens (tertiary/aromatic N) is 2. The Balaban J connectivity index is 1.15. The summed E-state index contributed by atoms with van der Waals surface area (Å²) in [5.41, 5.74) is 2.25. The Hall–Kier alpha value is -3.39. The van der Waals surface area contributed by atoms with E-state index in [0.717, 1.165) is 24.1 Å². The van der Waals surface area contributed by atoms with Gasteiger partial charge in [0.2, 0.25) is 5.88 Å². The van der Waals surface area contributed by atoms with Gasteiger partial charge in [-0.05, 0) is 62.8 Å². The molecule has 0 aliphatic heterocycles. The van der Waals surface area contributed by atoms with Crippen LogP contribution in [0, 0.1) is 18.7 Å². The molecule has 8 heteroatoms. The maximum absolute atomic E-state index is 15.1. The first-order chi connectivity index (χ1) is 18.1. The van der Waals surface area contributed by atoms with Gasteiger partial charge in [0.25, 0.3) is 0 Å². The summed E-state index contributed by atoms with van der Waals surface area (Å²) in [6, 6.07) is 10.1. The third-order valence-electron chi connectivity index (χ3n) is 7.71. The van der Waals surface area contributed by atoms with Crippen LogP contribution in [0.3, 0.4) is 0 Å². The smallest absolute Gasteiger partial charge is 0.230 e. The van der Waals surface area contributed by atoms with Crippen LogP contribution < -0.4 is 19.5 Å². The minimum Gasteiger partial charge on any atom is -0.493 e. The molecular weight excluding hydrogens is 471 g/mol. The van der Waals surface area contributed by atoms with E-state index < -0.39 is 5.82 Å². The summed E-state index contributed by atoms with van der Waals surface area (Å²) in [5.74, 6) is 1.67. The molecule has 0 amide bonds. The summed E-state index contributed by atoms with van der Waals surface area (Å²) in [5, 5.41) is 4.93. The number of methoxy groups -OCH3 is 1. The number of aromatic amines is 1. The van der Waals surface area contributed by atoms with E-state index in [1.165, 1.54) is 38.4 Å². The number of aryl methyl sites for hydroxylation is 1. The van der Waals surface area contributed by atoms with Gasteiger partial charge in [-0.1, -0.05) is 19.3 Å². The Bertz CT molecular complexity index is 1410. The number of fused-ring (bicyclic) bond motifs is 2. The Morgan fingerprint density at radius 2 is 1.81 bits per heavy atom. The summed E-state index contributed by atoms with van der Waals surface area (Å²) in [4.78, 5) is 11.8. The minimum atomic E-state index is -0.433. The maximum Gasteiger partial charge on any atom is 0.230 e. The van der Waals surface area contributed by atoms with Crippen molar-refractivity contribution in [1.29, 1.82) is 0 Å². The second kappa shape index (κ2) is 10.2. The zero-order chi connectivity index (χ0) is 25.4. The molecule has 2 fully saturated rings. The molecule has 0 radical (unpaired) electrons. The highest BCUT2D eigenvalue weighted by molar-refractivity contribution is 5.87. The maximum atomic E-state index is 15.1. The monoisotopic (exact) mass is 504 g/mol. The number of hydrogen-bond donors (Lipinski definition) is 2. The SMILES string of the molecule is COc1cc2c(Oc3ccc4[nH]c(C)cc4c3F)ncnc2cc1OC[C@H]1C[C@H](NC2CCCCC2)C1. The van der Waals surface area contributed by atoms with Crippen molar-refractivity contribution in [1.82, 2.24) is 20.3 Å². The summed E-state index contributed by atoms with van der Waals surface area (Å²) in [6.07, 6.45) is 10.4. The molecule has 2 aliphatic rings. The molecule has 194 valence electrons. The largest absolute Gasteiger partial charge is 0.493 e. The van der Waals surface area contributed by atoms with Crippen LogP contribution in [0.25, 0.3) is 21.8 Å². The van der Waals surface area contributed by atoms with Crippen LogP contribution in [0.1, 0.15) is 50.6 Å². The average Bonchev–Trinajstić information content (AvgIpc) is 3.28. The highest BCUT2D eigenvalue weighted by Gasteiger charge is 2.31. The Morgan fingerprint density at radius 3 is 2.62 bits per heavy atom. The van der Waals surface area contributed by atoms with Gasteiger partial charge < -0.3 is 24.5 Å². The van der Waals surface area contributed by atoms with E-state index >= 15 is 4.39 Å². The molecule has 0 unspecified atom stereocenters. The van der Waals surface area contributed by atoms with Crippen molar-refractivity contribution in [3.63, 3.8) is 0 Å². The molecular formula is C29H33FN4O3. The predicted octanol–water partition coefficient (Wildman–Crippen LogP) is 6.44. The molecule has 2 aromatic carbocycles. The van der Waals surface area contributed by atoms with Crippen LogP contribution in [0.2, 0.25) is 0 Å². The lowest BCUT2D eigenvalue weighted by molar-refractivity contribution is 0.126. The molecule has 0 spiro atoms. The fourth-order valence-electron chi connectivity index (χ4n) is 5.68. The van der Waals surface area contributed by atoms with Crippen molar-refractivity contribution in [3.05, 3.63) is 48.2 Å². The third kappa shape index (κ3) is 4.94. The number of nitrogens with one attached hydrogen (secondary N) is 2. The summed E-state index contributed by atoms with van der Waals surface area (Å²) in [7, 11) is 1.60. The van der Waals surface area contributed by atoms with E-state index in [0.29, 0.717) is 52.4 Å². The van der Waals surface area contributed by atoms with E-state index in [4.69, 9.17) is 14.2 Å². The third-order valence-corrected chi connectivity index (χ3v) is 7.71. The molecule has 2 heterocycles. The molecule has 2 saturated carbocycles. The van der Waals surface area contributed by atoms with E-state index in [2.05, 4.69) is 20.3 Å². The Morgan fingerprint density at radius 1 is 0.973 bits per heavy atom. The van der Waals surface area contributed by atoms with Gasteiger partial charge in [0.15, 0.2) is 23.1 Å². The zero-order valence-corrected chi connectivity index (χ0v) is 21.4. The van der Waals surface area contributed by atoms with Crippen molar-refractivity contribution in [2.45, 2.75) is 64.0 Å². The first-order valence-electron chi connectivity index (χ1n) is 13.2. The normalized spacial score (nSPS) is 20.2. The average molecular weight is 505 g/mol. The molecule has 0 bridgehead atoms. The van der Waals surface area contributed by atoms with Crippen molar-refractivity contribution in [3.8, 4) is 23.1 Å². The van der Waals surface area contributed by atoms with Crippen molar-refractivity contribution < 1.29 is 18.6 Å². The van der Waals surface area contributed by atoms with Gasteiger partial charge in [0, 0.05) is 34.7 Å². The Labute approximate surface area is 215 Å². The van der Waals surface area contributed by atoms with Crippen molar-refractivity contribution >= 4 is 21.8 Å². The van der Waals surface area contributed by atoms with Crippen LogP contribution in [-0.2, 0) is 0 Å². The van der Waals surface area contributed by atoms with Gasteiger partial charge in [-0.15, -0.1) is 0 Å². The van der Waals surface area contributed by atoms with Crippen LogP contribution >= 0.6 is 0 Å². The van der Waals surface area contributed by atoms with Gasteiger partial charge in [-0.2, -0.15) is 0 Å². The fraction of sp³-hybridized carbons (Fsp3) is 0.448. The topological polar surface area (TPSA) is 81.3 Å². The number of H-pyrrole nitrogens is 1. The first-order valence-corrected chi connectivity index (χ1v) is 13.2. The molecule has 2 aromatic heterocycles. The molecule has 4 aromatic rings. The summed E-state index contributed by atoms with van der Waals surface area (Å²) < 4.78 is 32.9. The lowest BCUT2D eigenvalue weighted by Crippen LogP contribution is -2.48. The van der Waals surface area contributed by atoms with E-state index in [1.807, 2.05) is 13.0 Å². The van der Waals surface area contributed by atoms with E-state index in [9.17, 15) is 0 Å². The van der Waals surface area contributed by atoms with Crippen molar-refractivity contribution in [2.24, 2.45) is 5.92 Å². The molecule has 2 N–H and O–H groups in total. The van der Waals surface area contributed by atoms with Crippen LogP contribution in [0.4, 0.5) is 4.39 Å². The predicted molar refractivity (Wildman–Crippen MR) is 141 cm³/mol. The molecule has 0 atom stereocenters. The van der Waals surface area contributed by atoms with E-state index in [-0.39, 0.29) is 11.6 Å². The molecule has 37 heavy (non-hydrogen) atoms. The van der Waals surface area contributed by atoms with Gasteiger partial charge in [-0.3, -0.25) is 0 Å². The highest BCUT2D eigenvalue weighted by Crippen LogP contribution is 2.38. The lowest BCUT2D eigenvalue weighted by Gasteiger charge is -2.39. The first kappa shape index (κ1) is 24.0. The number of hydrogen-bond acceptors (Lipinski definition) is 6. The second-order valence-corrected chi connectivity index (χ2v) is 10.4. The van der Waals surface area contributed by atoms with Crippen LogP contribution in [0.5, 0.6) is 23.1 Å². The standard InChI is InChI=1S/C29H33FN4O3/c1-17-10-21-23(33-17)8-9-25(28(21)30)37-29-22-13-26(35-2)27(14-24(22)31-16-32-29)36-15-18-11-20(12-18)34-19-6-4-3-5-7-19/h8-10,13-14,16,18-20,33-34H,3-7,11-12,15H2,1-2H3/t18-,20-. The molecule has 2 aliphatic carbocycles. The fourth-order valence-corrected chi connectivity index (χ4v) is 5.68. The van der Waals surface area contributed by atoms with Gasteiger partial charge >= 0.3 is 0 Å². The van der Waals surface area contributed by atoms with Crippen LogP contribution in [0.15, 0.2) is 36.7 Å². The number of ether oxygens (including phenoxy) is 3. The van der Waals surface area contributed by atoms with E-state index in [1.54, 1.807) is 31.4 Å². The van der Waals surface area contributed by atoms with Crippen molar-refractivity contribution in [2.75, 3.05) is 13.7 Å². The zero-order valence-electron chi connectivity index (χ0n) is 21.4. The van der Waals surface area contributed by atoms with Gasteiger partial charge in [0.05, 0.1) is 24.6 Å². The summed E-state index contributed by atoms with van der Waals surface area (Å²) >= 11 is 0. The summed E-state index contributed by atoms with van der Waals surface area (Å²) in [6.45, 7) is 2.53. The number of aromatic nitrogens is 3. The van der Waals surface area contributed by atoms with Gasteiger partial charge in [-0.25, -0.2) is 14.4 Å². The number of benzene rings is 2. The minimum absolute atomic E-state index is 0.104. The van der Waals surface area contributed by atoms with Gasteiger partial charge in [0.1, 0.15) is 6.33 Å². The Kier molecular flexibility index (Phi) is 6.59. The molecule has 6 rings (SSSR count). The second-order valence-electron chi connectivity index (χ2n) is 10.4. The quantitative estimate of drug-likeness (QED) is 0.287. The number of halogens is 1. The van der Waals surface area contributed by atoms with Crippen LogP contribution in [-0.4, -0.2) is 40.8 Å². The lowest BCUT2D eigenvalue weighted by atomic mass is 9.79. The highest BCUT2D eigenvalue weighted by atomic mass is 19.1. The molecule has 7 nitrogen and oxygen atoms in total.